The summed E-state index contributed by atoms with van der Waals surface area (Å²) in [6.45, 7) is 1.85. The van der Waals surface area contributed by atoms with E-state index in [0.29, 0.717) is 11.4 Å². The lowest BCUT2D eigenvalue weighted by Crippen LogP contribution is -2.15. The van der Waals surface area contributed by atoms with Gasteiger partial charge in [0.05, 0.1) is 18.4 Å². The first-order valence-electron chi connectivity index (χ1n) is 5.76. The lowest BCUT2D eigenvalue weighted by atomic mass is 10.1. The second kappa shape index (κ2) is 6.60. The number of rotatable bonds is 3. The van der Waals surface area contributed by atoms with Crippen LogP contribution in [0.15, 0.2) is 22.7 Å². The van der Waals surface area contributed by atoms with Gasteiger partial charge in [0.1, 0.15) is 5.75 Å². The molecule has 1 aromatic heterocycles. The number of methoxy groups -OCH3 is 1. The van der Waals surface area contributed by atoms with Crippen molar-refractivity contribution in [1.29, 1.82) is 0 Å². The van der Waals surface area contributed by atoms with E-state index in [1.165, 1.54) is 13.2 Å². The highest BCUT2D eigenvalue weighted by atomic mass is 79.9. The van der Waals surface area contributed by atoms with Crippen molar-refractivity contribution >= 4 is 50.7 Å². The SMILES string of the molecule is COc1cc(Br)cc(C)c1NC(=O)c1cc(Cl)nnc1Cl. The van der Waals surface area contributed by atoms with Crippen molar-refractivity contribution in [2.75, 3.05) is 12.4 Å². The average molecular weight is 391 g/mol. The van der Waals surface area contributed by atoms with Crippen LogP contribution in [0, 0.1) is 6.92 Å². The number of carbonyl (C=O) groups is 1. The number of nitrogens with zero attached hydrogens (tertiary/aromatic N) is 2. The molecule has 0 unspecified atom stereocenters. The number of nitrogens with one attached hydrogen (secondary N) is 1. The van der Waals surface area contributed by atoms with Gasteiger partial charge in [-0.1, -0.05) is 39.1 Å². The van der Waals surface area contributed by atoms with Crippen LogP contribution >= 0.6 is 39.1 Å². The summed E-state index contributed by atoms with van der Waals surface area (Å²) >= 11 is 15.0. The van der Waals surface area contributed by atoms with Gasteiger partial charge in [-0.25, -0.2) is 0 Å². The van der Waals surface area contributed by atoms with Gasteiger partial charge in [0.25, 0.3) is 5.91 Å². The Labute approximate surface area is 139 Å². The molecule has 0 radical (unpaired) electrons. The lowest BCUT2D eigenvalue weighted by molar-refractivity contribution is 0.102. The standard InChI is InChI=1S/C13H10BrCl2N3O2/c1-6-3-7(14)4-9(21-2)11(6)17-13(20)8-5-10(15)18-19-12(8)16/h3-5H,1-2H3,(H,17,20). The summed E-state index contributed by atoms with van der Waals surface area (Å²) in [5, 5.41) is 9.98. The molecular weight excluding hydrogens is 381 g/mol. The van der Waals surface area contributed by atoms with Gasteiger partial charge >= 0.3 is 0 Å². The van der Waals surface area contributed by atoms with E-state index in [1.54, 1.807) is 6.07 Å². The first-order chi connectivity index (χ1) is 9.92. The van der Waals surface area contributed by atoms with Crippen LogP contribution in [-0.2, 0) is 0 Å². The summed E-state index contributed by atoms with van der Waals surface area (Å²) in [5.74, 6) is 0.0833. The molecule has 1 aromatic carbocycles. The summed E-state index contributed by atoms with van der Waals surface area (Å²) in [6.07, 6.45) is 0. The Morgan fingerprint density at radius 3 is 2.67 bits per heavy atom. The molecule has 0 spiro atoms. The number of hydrogen-bond donors (Lipinski definition) is 1. The number of ether oxygens (including phenoxy) is 1. The van der Waals surface area contributed by atoms with Crippen LogP contribution in [0.5, 0.6) is 5.75 Å². The summed E-state index contributed by atoms with van der Waals surface area (Å²) in [5.41, 5.74) is 1.52. The van der Waals surface area contributed by atoms with Crippen molar-refractivity contribution in [2.24, 2.45) is 0 Å². The van der Waals surface area contributed by atoms with E-state index in [0.717, 1.165) is 10.0 Å². The lowest BCUT2D eigenvalue weighted by Gasteiger charge is -2.14. The summed E-state index contributed by atoms with van der Waals surface area (Å²) in [4.78, 5) is 12.3. The van der Waals surface area contributed by atoms with E-state index in [-0.39, 0.29) is 15.9 Å². The molecule has 2 aromatic rings. The fourth-order valence-electron chi connectivity index (χ4n) is 1.73. The zero-order valence-corrected chi connectivity index (χ0v) is 14.2. The van der Waals surface area contributed by atoms with Crippen LogP contribution in [0.25, 0.3) is 0 Å². The minimum atomic E-state index is -0.444. The smallest absolute Gasteiger partial charge is 0.259 e. The van der Waals surface area contributed by atoms with Crippen molar-refractivity contribution in [2.45, 2.75) is 6.92 Å². The predicted molar refractivity (Wildman–Crippen MR) is 85.4 cm³/mol. The molecule has 1 N–H and O–H groups in total. The zero-order valence-electron chi connectivity index (χ0n) is 11.1. The van der Waals surface area contributed by atoms with Crippen LogP contribution in [-0.4, -0.2) is 23.2 Å². The van der Waals surface area contributed by atoms with E-state index in [9.17, 15) is 4.79 Å². The molecule has 0 aliphatic carbocycles. The highest BCUT2D eigenvalue weighted by Crippen LogP contribution is 2.32. The third-order valence-corrected chi connectivity index (χ3v) is 3.61. The molecule has 2 rings (SSSR count). The number of carbonyl (C=O) groups excluding carboxylic acids is 1. The molecule has 5 nitrogen and oxygen atoms in total. The van der Waals surface area contributed by atoms with Gasteiger partial charge in [-0.3, -0.25) is 4.79 Å². The molecule has 0 saturated carbocycles. The minimum absolute atomic E-state index is 0.0226. The maximum Gasteiger partial charge on any atom is 0.259 e. The van der Waals surface area contributed by atoms with Gasteiger partial charge < -0.3 is 10.1 Å². The van der Waals surface area contributed by atoms with Crippen LogP contribution in [0.3, 0.4) is 0 Å². The number of benzene rings is 1. The van der Waals surface area contributed by atoms with Gasteiger partial charge in [-0.05, 0) is 30.7 Å². The number of anilines is 1. The first kappa shape index (κ1) is 16.0. The van der Waals surface area contributed by atoms with Crippen molar-refractivity contribution in [1.82, 2.24) is 10.2 Å². The third-order valence-electron chi connectivity index (χ3n) is 2.69. The summed E-state index contributed by atoms with van der Waals surface area (Å²) in [6, 6.07) is 4.96. The van der Waals surface area contributed by atoms with Crippen molar-refractivity contribution in [3.8, 4) is 5.75 Å². The molecule has 1 amide bonds. The number of halogens is 3. The Balaban J connectivity index is 2.38. The molecule has 0 atom stereocenters. The number of aryl methyl sites for hydroxylation is 1. The van der Waals surface area contributed by atoms with Gasteiger partial charge in [0, 0.05) is 4.47 Å². The topological polar surface area (TPSA) is 64.1 Å². The Morgan fingerprint density at radius 1 is 1.29 bits per heavy atom. The Kier molecular flexibility index (Phi) is 5.03. The molecular formula is C13H10BrCl2N3O2. The molecule has 0 aliphatic heterocycles. The molecule has 0 aliphatic rings. The van der Waals surface area contributed by atoms with Gasteiger partial charge in [0.2, 0.25) is 0 Å². The number of amides is 1. The highest BCUT2D eigenvalue weighted by molar-refractivity contribution is 9.10. The summed E-state index contributed by atoms with van der Waals surface area (Å²) < 4.78 is 6.11. The Bertz CT molecular complexity index is 710. The van der Waals surface area contributed by atoms with Crippen LogP contribution in [0.2, 0.25) is 10.3 Å². The second-order valence-electron chi connectivity index (χ2n) is 4.13. The van der Waals surface area contributed by atoms with E-state index in [4.69, 9.17) is 27.9 Å². The van der Waals surface area contributed by atoms with Crippen LogP contribution in [0.1, 0.15) is 15.9 Å². The van der Waals surface area contributed by atoms with Gasteiger partial charge in [0.15, 0.2) is 10.3 Å². The highest BCUT2D eigenvalue weighted by Gasteiger charge is 2.17. The molecule has 0 saturated heterocycles. The Morgan fingerprint density at radius 2 is 2.00 bits per heavy atom. The van der Waals surface area contributed by atoms with Crippen LogP contribution < -0.4 is 10.1 Å². The van der Waals surface area contributed by atoms with Crippen LogP contribution in [0.4, 0.5) is 5.69 Å². The average Bonchev–Trinajstić information content (AvgIpc) is 2.43. The number of hydrogen-bond acceptors (Lipinski definition) is 4. The van der Waals surface area contributed by atoms with Gasteiger partial charge in [-0.15, -0.1) is 10.2 Å². The monoisotopic (exact) mass is 389 g/mol. The maximum absolute atomic E-state index is 12.3. The zero-order chi connectivity index (χ0) is 15.6. The predicted octanol–water partition coefficient (Wildman–Crippen LogP) is 4.12. The largest absolute Gasteiger partial charge is 0.495 e. The van der Waals surface area contributed by atoms with Crippen molar-refractivity contribution < 1.29 is 9.53 Å². The normalized spacial score (nSPS) is 10.3. The quantitative estimate of drug-likeness (QED) is 0.856. The first-order valence-corrected chi connectivity index (χ1v) is 7.31. The van der Waals surface area contributed by atoms with E-state index < -0.39 is 5.91 Å². The molecule has 110 valence electrons. The molecule has 1 heterocycles. The Hall–Kier alpha value is -1.37. The fraction of sp³-hybridized carbons (Fsp3) is 0.154. The molecule has 0 fully saturated rings. The maximum atomic E-state index is 12.3. The molecule has 0 bridgehead atoms. The van der Waals surface area contributed by atoms with Crippen molar-refractivity contribution in [3.05, 3.63) is 44.1 Å². The van der Waals surface area contributed by atoms with E-state index in [2.05, 4.69) is 31.4 Å². The molecule has 21 heavy (non-hydrogen) atoms. The minimum Gasteiger partial charge on any atom is -0.495 e. The second-order valence-corrected chi connectivity index (χ2v) is 5.79. The van der Waals surface area contributed by atoms with E-state index >= 15 is 0 Å². The van der Waals surface area contributed by atoms with Crippen molar-refractivity contribution in [3.63, 3.8) is 0 Å². The fourth-order valence-corrected chi connectivity index (χ4v) is 2.60. The molecule has 8 heteroatoms. The van der Waals surface area contributed by atoms with Gasteiger partial charge in [-0.2, -0.15) is 0 Å². The third kappa shape index (κ3) is 3.64. The number of aromatic nitrogens is 2. The van der Waals surface area contributed by atoms with E-state index in [1.807, 2.05) is 13.0 Å². The summed E-state index contributed by atoms with van der Waals surface area (Å²) in [7, 11) is 1.52.